The molecular weight excluding hydrogens is 254 g/mol. The van der Waals surface area contributed by atoms with E-state index in [4.69, 9.17) is 5.73 Å². The first-order valence-electron chi connectivity index (χ1n) is 7.00. The van der Waals surface area contributed by atoms with Gasteiger partial charge in [0, 0.05) is 30.4 Å². The van der Waals surface area contributed by atoms with E-state index in [1.165, 1.54) is 0 Å². The third kappa shape index (κ3) is 2.41. The molecule has 2 aliphatic heterocycles. The van der Waals surface area contributed by atoms with E-state index in [2.05, 4.69) is 12.2 Å². The maximum atomic E-state index is 12.5. The maximum Gasteiger partial charge on any atom is 0.253 e. The van der Waals surface area contributed by atoms with E-state index < -0.39 is 0 Å². The molecule has 2 aliphatic rings. The van der Waals surface area contributed by atoms with Crippen molar-refractivity contribution in [1.29, 1.82) is 0 Å². The lowest BCUT2D eigenvalue weighted by molar-refractivity contribution is -0.115. The van der Waals surface area contributed by atoms with Crippen LogP contribution in [0.15, 0.2) is 18.2 Å². The normalized spacial score (nSPS) is 25.3. The van der Waals surface area contributed by atoms with Gasteiger partial charge in [0.05, 0.1) is 6.42 Å². The van der Waals surface area contributed by atoms with Crippen molar-refractivity contribution in [2.24, 2.45) is 11.7 Å². The van der Waals surface area contributed by atoms with Crippen molar-refractivity contribution >= 4 is 17.5 Å². The average molecular weight is 273 g/mol. The van der Waals surface area contributed by atoms with Crippen LogP contribution >= 0.6 is 0 Å². The summed E-state index contributed by atoms with van der Waals surface area (Å²) < 4.78 is 0. The Hall–Kier alpha value is -1.88. The quantitative estimate of drug-likeness (QED) is 0.801. The number of hydrogen-bond acceptors (Lipinski definition) is 3. The van der Waals surface area contributed by atoms with Gasteiger partial charge in [-0.3, -0.25) is 9.59 Å². The number of carbonyl (C=O) groups excluding carboxylic acids is 2. The zero-order valence-corrected chi connectivity index (χ0v) is 11.6. The number of likely N-dealkylation sites (tertiary alicyclic amines) is 1. The lowest BCUT2D eigenvalue weighted by Gasteiger charge is -2.34. The van der Waals surface area contributed by atoms with Crippen molar-refractivity contribution < 1.29 is 9.59 Å². The van der Waals surface area contributed by atoms with Crippen molar-refractivity contribution in [1.82, 2.24) is 4.90 Å². The molecule has 20 heavy (non-hydrogen) atoms. The van der Waals surface area contributed by atoms with Crippen molar-refractivity contribution in [2.75, 3.05) is 18.4 Å². The number of rotatable bonds is 1. The van der Waals surface area contributed by atoms with Crippen molar-refractivity contribution in [3.63, 3.8) is 0 Å². The largest absolute Gasteiger partial charge is 0.337 e. The van der Waals surface area contributed by atoms with Gasteiger partial charge < -0.3 is 16.0 Å². The van der Waals surface area contributed by atoms with Gasteiger partial charge in [-0.25, -0.2) is 0 Å². The fraction of sp³-hybridized carbons (Fsp3) is 0.467. The molecule has 0 spiro atoms. The Balaban J connectivity index is 1.81. The molecule has 1 saturated heterocycles. The fourth-order valence-electron chi connectivity index (χ4n) is 3.10. The smallest absolute Gasteiger partial charge is 0.253 e. The number of nitrogens with two attached hydrogens (primary N) is 1. The molecule has 0 radical (unpaired) electrons. The van der Waals surface area contributed by atoms with Gasteiger partial charge in [-0.1, -0.05) is 13.0 Å². The molecule has 2 heterocycles. The van der Waals surface area contributed by atoms with Crippen LogP contribution in [0.3, 0.4) is 0 Å². The topological polar surface area (TPSA) is 75.4 Å². The van der Waals surface area contributed by atoms with Gasteiger partial charge in [-0.2, -0.15) is 0 Å². The Morgan fingerprint density at radius 3 is 2.95 bits per heavy atom. The molecule has 2 atom stereocenters. The highest BCUT2D eigenvalue weighted by molar-refractivity contribution is 6.02. The second kappa shape index (κ2) is 4.90. The van der Waals surface area contributed by atoms with E-state index >= 15 is 0 Å². The number of nitrogens with one attached hydrogen (secondary N) is 1. The van der Waals surface area contributed by atoms with Crippen LogP contribution in [-0.4, -0.2) is 35.8 Å². The number of carbonyl (C=O) groups is 2. The molecule has 0 aliphatic carbocycles. The molecule has 1 fully saturated rings. The predicted octanol–water partition coefficient (Wildman–Crippen LogP) is 0.990. The molecule has 0 aromatic heterocycles. The molecule has 3 N–H and O–H groups in total. The molecule has 2 unspecified atom stereocenters. The molecule has 5 nitrogen and oxygen atoms in total. The van der Waals surface area contributed by atoms with Crippen molar-refractivity contribution in [2.45, 2.75) is 25.8 Å². The van der Waals surface area contributed by atoms with Crippen LogP contribution in [-0.2, 0) is 11.2 Å². The second-order valence-corrected chi connectivity index (χ2v) is 5.91. The van der Waals surface area contributed by atoms with Gasteiger partial charge in [0.2, 0.25) is 5.91 Å². The van der Waals surface area contributed by atoms with E-state index in [0.29, 0.717) is 24.4 Å². The number of fused-ring (bicyclic) bond motifs is 1. The Labute approximate surface area is 118 Å². The zero-order chi connectivity index (χ0) is 14.3. The summed E-state index contributed by atoms with van der Waals surface area (Å²) in [6, 6.07) is 5.48. The molecular formula is C15H19N3O2. The molecule has 1 aromatic carbocycles. The minimum atomic E-state index is -0.0155. The summed E-state index contributed by atoms with van der Waals surface area (Å²) in [4.78, 5) is 25.7. The number of anilines is 1. The standard InChI is InChI=1S/C15H19N3O2/c1-9-4-12(16)8-18(7-9)15(20)11-3-2-10-6-14(19)17-13(10)5-11/h2-3,5,9,12H,4,6-8,16H2,1H3,(H,17,19). The third-order valence-electron chi connectivity index (χ3n) is 3.96. The summed E-state index contributed by atoms with van der Waals surface area (Å²) in [5.74, 6) is 0.408. The van der Waals surface area contributed by atoms with Gasteiger partial charge in [-0.15, -0.1) is 0 Å². The minimum Gasteiger partial charge on any atom is -0.337 e. The van der Waals surface area contributed by atoms with Gasteiger partial charge in [-0.05, 0) is 30.0 Å². The molecule has 1 aromatic rings. The fourth-order valence-corrected chi connectivity index (χ4v) is 3.10. The lowest BCUT2D eigenvalue weighted by atomic mass is 9.96. The molecule has 106 valence electrons. The first-order valence-corrected chi connectivity index (χ1v) is 7.00. The van der Waals surface area contributed by atoms with E-state index in [9.17, 15) is 9.59 Å². The van der Waals surface area contributed by atoms with Crippen LogP contribution in [0.2, 0.25) is 0 Å². The number of nitrogens with zero attached hydrogens (tertiary/aromatic N) is 1. The third-order valence-corrected chi connectivity index (χ3v) is 3.96. The number of piperidine rings is 1. The van der Waals surface area contributed by atoms with Crippen molar-refractivity contribution in [3.05, 3.63) is 29.3 Å². The van der Waals surface area contributed by atoms with Crippen LogP contribution in [0.5, 0.6) is 0 Å². The van der Waals surface area contributed by atoms with Gasteiger partial charge in [0.1, 0.15) is 0 Å². The molecule has 0 saturated carbocycles. The van der Waals surface area contributed by atoms with E-state index in [-0.39, 0.29) is 17.9 Å². The second-order valence-electron chi connectivity index (χ2n) is 5.91. The Morgan fingerprint density at radius 2 is 2.20 bits per heavy atom. The van der Waals surface area contributed by atoms with Crippen LogP contribution in [0.25, 0.3) is 0 Å². The van der Waals surface area contributed by atoms with Crippen LogP contribution < -0.4 is 11.1 Å². The van der Waals surface area contributed by atoms with Gasteiger partial charge in [0.15, 0.2) is 0 Å². The molecule has 3 rings (SSSR count). The first kappa shape index (κ1) is 13.1. The number of hydrogen-bond donors (Lipinski definition) is 2. The Morgan fingerprint density at radius 1 is 1.40 bits per heavy atom. The minimum absolute atomic E-state index is 0.00375. The van der Waals surface area contributed by atoms with Crippen LogP contribution in [0.4, 0.5) is 5.69 Å². The van der Waals surface area contributed by atoms with E-state index in [1.54, 1.807) is 12.1 Å². The van der Waals surface area contributed by atoms with E-state index in [1.807, 2.05) is 11.0 Å². The summed E-state index contributed by atoms with van der Waals surface area (Å²) in [6.07, 6.45) is 1.36. The summed E-state index contributed by atoms with van der Waals surface area (Å²) in [5, 5.41) is 2.78. The van der Waals surface area contributed by atoms with Gasteiger partial charge in [0.25, 0.3) is 5.91 Å². The molecule has 5 heteroatoms. The van der Waals surface area contributed by atoms with Crippen LogP contribution in [0.1, 0.15) is 29.3 Å². The lowest BCUT2D eigenvalue weighted by Crippen LogP contribution is -2.48. The summed E-state index contributed by atoms with van der Waals surface area (Å²) in [5.41, 5.74) is 8.32. The summed E-state index contributed by atoms with van der Waals surface area (Å²) in [6.45, 7) is 3.46. The number of benzene rings is 1. The zero-order valence-electron chi connectivity index (χ0n) is 11.6. The highest BCUT2D eigenvalue weighted by atomic mass is 16.2. The van der Waals surface area contributed by atoms with Crippen molar-refractivity contribution in [3.8, 4) is 0 Å². The Bertz CT molecular complexity index is 560. The monoisotopic (exact) mass is 273 g/mol. The van der Waals surface area contributed by atoms with Gasteiger partial charge >= 0.3 is 0 Å². The highest BCUT2D eigenvalue weighted by Crippen LogP contribution is 2.25. The summed E-state index contributed by atoms with van der Waals surface area (Å²) >= 11 is 0. The summed E-state index contributed by atoms with van der Waals surface area (Å²) in [7, 11) is 0. The Kier molecular flexibility index (Phi) is 3.22. The maximum absolute atomic E-state index is 12.5. The SMILES string of the molecule is CC1CC(N)CN(C(=O)c2ccc3c(c2)NC(=O)C3)C1. The molecule has 2 amide bonds. The average Bonchev–Trinajstić information content (AvgIpc) is 2.75. The highest BCUT2D eigenvalue weighted by Gasteiger charge is 2.27. The number of amides is 2. The van der Waals surface area contributed by atoms with Crippen LogP contribution in [0, 0.1) is 5.92 Å². The molecule has 0 bridgehead atoms. The predicted molar refractivity (Wildman–Crippen MR) is 76.4 cm³/mol. The van der Waals surface area contributed by atoms with E-state index in [0.717, 1.165) is 24.2 Å². The first-order chi connectivity index (χ1) is 9.52.